The van der Waals surface area contributed by atoms with E-state index in [2.05, 4.69) is 67.3 Å². The molecule has 5 aromatic rings. The topological polar surface area (TPSA) is 30.9 Å². The molecule has 8 rings (SSSR count). The van der Waals surface area contributed by atoms with E-state index in [-0.39, 0.29) is 5.41 Å². The number of fused-ring (bicyclic) bond motifs is 10. The maximum absolute atomic E-state index is 14.5. The first-order valence-electron chi connectivity index (χ1n) is 18.6. The zero-order chi connectivity index (χ0) is 37.3. The minimum Gasteiger partial charge on any atom is -0.493 e. The van der Waals surface area contributed by atoms with Crippen molar-refractivity contribution >= 4 is 22.5 Å². The molecule has 1 heterocycles. The summed E-state index contributed by atoms with van der Waals surface area (Å²) in [4.78, 5) is 2.07. The molecule has 1 fully saturated rings. The fraction of sp³-hybridized carbons (Fsp3) is 0.348. The molecule has 274 valence electrons. The lowest BCUT2D eigenvalue weighted by atomic mass is 9.58. The van der Waals surface area contributed by atoms with Gasteiger partial charge in [0, 0.05) is 47.3 Å². The van der Waals surface area contributed by atoms with Crippen molar-refractivity contribution in [3.8, 4) is 28.4 Å². The number of methoxy groups -OCH3 is 2. The molecule has 1 saturated carbocycles. The van der Waals surface area contributed by atoms with Crippen molar-refractivity contribution in [1.82, 2.24) is 0 Å². The largest absolute Gasteiger partial charge is 0.493 e. The highest BCUT2D eigenvalue weighted by Crippen LogP contribution is 2.65. The molecule has 53 heavy (non-hydrogen) atoms. The van der Waals surface area contributed by atoms with Gasteiger partial charge in [0.25, 0.3) is 0 Å². The van der Waals surface area contributed by atoms with E-state index in [1.165, 1.54) is 12.1 Å². The summed E-state index contributed by atoms with van der Waals surface area (Å²) in [5.74, 6) is 1.79. The van der Waals surface area contributed by atoms with Crippen LogP contribution in [0.3, 0.4) is 0 Å². The first-order chi connectivity index (χ1) is 25.4. The average Bonchev–Trinajstić information content (AvgIpc) is 3.47. The van der Waals surface area contributed by atoms with Gasteiger partial charge in [-0.15, -0.1) is 0 Å². The fourth-order valence-corrected chi connectivity index (χ4v) is 9.57. The van der Waals surface area contributed by atoms with Crippen LogP contribution in [0.1, 0.15) is 85.8 Å². The predicted molar refractivity (Wildman–Crippen MR) is 207 cm³/mol. The molecule has 3 aliphatic rings. The van der Waals surface area contributed by atoms with Crippen LogP contribution in [0.4, 0.5) is 18.9 Å². The van der Waals surface area contributed by atoms with Gasteiger partial charge in [0.1, 0.15) is 5.75 Å². The van der Waals surface area contributed by atoms with Gasteiger partial charge in [-0.05, 0) is 101 Å². The second kappa shape index (κ2) is 12.6. The molecule has 1 unspecified atom stereocenters. The van der Waals surface area contributed by atoms with E-state index >= 15 is 0 Å². The smallest absolute Gasteiger partial charge is 0.416 e. The molecule has 0 saturated heterocycles. The number of hydrogen-bond acceptors (Lipinski definition) is 4. The number of rotatable bonds is 7. The van der Waals surface area contributed by atoms with E-state index in [0.717, 1.165) is 93.9 Å². The Labute approximate surface area is 310 Å². The predicted octanol–water partition coefficient (Wildman–Crippen LogP) is 11.9. The number of benzene rings is 5. The van der Waals surface area contributed by atoms with Crippen molar-refractivity contribution in [3.05, 3.63) is 124 Å². The van der Waals surface area contributed by atoms with Crippen LogP contribution in [0.15, 0.2) is 91.0 Å². The molecule has 0 aromatic heterocycles. The maximum atomic E-state index is 14.5. The number of hydrogen-bond donors (Lipinski definition) is 0. The molecular formula is C46H46F3NO3. The van der Waals surface area contributed by atoms with Gasteiger partial charge >= 0.3 is 6.18 Å². The number of ether oxygens (including phenoxy) is 3. The molecule has 7 heteroatoms. The van der Waals surface area contributed by atoms with Gasteiger partial charge in [0.2, 0.25) is 0 Å². The van der Waals surface area contributed by atoms with Gasteiger partial charge in [-0.2, -0.15) is 13.2 Å². The molecule has 5 aromatic carbocycles. The third-order valence-corrected chi connectivity index (χ3v) is 12.8. The molecule has 1 aliphatic heterocycles. The quantitative estimate of drug-likeness (QED) is 0.168. The average molecular weight is 718 g/mol. The zero-order valence-corrected chi connectivity index (χ0v) is 31.3. The third-order valence-electron chi connectivity index (χ3n) is 12.8. The summed E-state index contributed by atoms with van der Waals surface area (Å²) in [7, 11) is 7.26. The highest BCUT2D eigenvalue weighted by atomic mass is 19.4. The zero-order valence-electron chi connectivity index (χ0n) is 31.3. The molecule has 0 N–H and O–H groups in total. The van der Waals surface area contributed by atoms with Crippen molar-refractivity contribution in [2.45, 2.75) is 69.6 Å². The van der Waals surface area contributed by atoms with E-state index in [9.17, 15) is 13.2 Å². The SMILES string of the molecule is CCC1(CC)CCC2(CC1)c1cc(C(F)(F)F)ccc1-c1c2c2c(c3cc(OC)c(OC)cc13)OC(c1ccccc1)(c1ccc(N(C)C)cc1)C=C2. The van der Waals surface area contributed by atoms with E-state index < -0.39 is 22.8 Å². The second-order valence-corrected chi connectivity index (χ2v) is 15.3. The minimum absolute atomic E-state index is 0.164. The summed E-state index contributed by atoms with van der Waals surface area (Å²) in [5, 5.41) is 1.69. The number of alkyl halides is 3. The number of halogens is 3. The van der Waals surface area contributed by atoms with Crippen LogP contribution in [0.25, 0.3) is 28.0 Å². The molecule has 1 spiro atoms. The van der Waals surface area contributed by atoms with Gasteiger partial charge in [0.15, 0.2) is 17.1 Å². The Morgan fingerprint density at radius 1 is 0.755 bits per heavy atom. The molecule has 1 atom stereocenters. The Hall–Kier alpha value is -4.91. The van der Waals surface area contributed by atoms with Gasteiger partial charge in [-0.1, -0.05) is 81.3 Å². The molecule has 0 amide bonds. The minimum atomic E-state index is -4.46. The Balaban J connectivity index is 1.46. The van der Waals surface area contributed by atoms with Crippen LogP contribution in [-0.4, -0.2) is 28.3 Å². The normalized spacial score (nSPS) is 19.3. The number of anilines is 1. The van der Waals surface area contributed by atoms with Crippen molar-refractivity contribution in [2.75, 3.05) is 33.2 Å². The monoisotopic (exact) mass is 717 g/mol. The number of nitrogens with zero attached hydrogens (tertiary/aromatic N) is 1. The fourth-order valence-electron chi connectivity index (χ4n) is 9.57. The van der Waals surface area contributed by atoms with E-state index in [4.69, 9.17) is 14.2 Å². The maximum Gasteiger partial charge on any atom is 0.416 e. The summed E-state index contributed by atoms with van der Waals surface area (Å²) in [6, 6.07) is 27.0. The first kappa shape index (κ1) is 35.1. The van der Waals surface area contributed by atoms with Crippen LogP contribution >= 0.6 is 0 Å². The van der Waals surface area contributed by atoms with Crippen molar-refractivity contribution in [1.29, 1.82) is 0 Å². The summed E-state index contributed by atoms with van der Waals surface area (Å²) in [6.07, 6.45) is 5.33. The third kappa shape index (κ3) is 5.25. The van der Waals surface area contributed by atoms with Crippen molar-refractivity contribution in [3.63, 3.8) is 0 Å². The molecule has 0 bridgehead atoms. The first-order valence-corrected chi connectivity index (χ1v) is 18.6. The summed E-state index contributed by atoms with van der Waals surface area (Å²) < 4.78 is 62.7. The lowest BCUT2D eigenvalue weighted by Crippen LogP contribution is -2.38. The van der Waals surface area contributed by atoms with Crippen LogP contribution in [0.5, 0.6) is 17.2 Å². The lowest BCUT2D eigenvalue weighted by molar-refractivity contribution is -0.137. The molecule has 2 aliphatic carbocycles. The van der Waals surface area contributed by atoms with Crippen LogP contribution in [0.2, 0.25) is 0 Å². The van der Waals surface area contributed by atoms with Crippen LogP contribution in [0, 0.1) is 5.41 Å². The van der Waals surface area contributed by atoms with Gasteiger partial charge < -0.3 is 19.1 Å². The van der Waals surface area contributed by atoms with Crippen molar-refractivity contribution < 1.29 is 27.4 Å². The van der Waals surface area contributed by atoms with Gasteiger partial charge in [0.05, 0.1) is 19.8 Å². The van der Waals surface area contributed by atoms with Gasteiger partial charge in [-0.3, -0.25) is 0 Å². The Morgan fingerprint density at radius 2 is 1.38 bits per heavy atom. The Kier molecular flexibility index (Phi) is 8.36. The molecular weight excluding hydrogens is 672 g/mol. The summed E-state index contributed by atoms with van der Waals surface area (Å²) in [5.41, 5.74) is 5.49. The van der Waals surface area contributed by atoms with E-state index in [1.54, 1.807) is 20.3 Å². The highest BCUT2D eigenvalue weighted by molar-refractivity contribution is 6.09. The highest BCUT2D eigenvalue weighted by Gasteiger charge is 2.52. The summed E-state index contributed by atoms with van der Waals surface area (Å²) >= 11 is 0. The van der Waals surface area contributed by atoms with E-state index in [1.807, 2.05) is 44.4 Å². The Bertz CT molecular complexity index is 2230. The van der Waals surface area contributed by atoms with Crippen LogP contribution in [-0.2, 0) is 17.2 Å². The molecule has 4 nitrogen and oxygen atoms in total. The Morgan fingerprint density at radius 3 is 1.96 bits per heavy atom. The van der Waals surface area contributed by atoms with E-state index in [0.29, 0.717) is 17.2 Å². The summed E-state index contributed by atoms with van der Waals surface area (Å²) in [6.45, 7) is 4.50. The standard InChI is InChI=1S/C46H46F3NO3/c1-7-43(8-2)22-24-44(25-23-43)37-26-31(46(47,48)49)16-19-33(37)40-35-27-38(51-5)39(52-6)28-36(35)42-34(41(40)44)20-21-45(53-42,29-12-10-9-11-13-29)30-14-17-32(18-15-30)50(3)4/h9-21,26-28H,7-8,22-25H2,1-6H3. The van der Waals surface area contributed by atoms with Crippen LogP contribution < -0.4 is 19.1 Å². The second-order valence-electron chi connectivity index (χ2n) is 15.3. The van der Waals surface area contributed by atoms with Crippen molar-refractivity contribution in [2.24, 2.45) is 5.41 Å². The lowest BCUT2D eigenvalue weighted by Gasteiger charge is -2.47. The molecule has 0 radical (unpaired) electrons. The van der Waals surface area contributed by atoms with Gasteiger partial charge in [-0.25, -0.2) is 0 Å².